The number of carbonyl (C=O) groups excluding carboxylic acids is 2. The second kappa shape index (κ2) is 10.8. The van der Waals surface area contributed by atoms with Crippen LogP contribution in [0, 0.1) is 5.41 Å². The first-order chi connectivity index (χ1) is 21.4. The minimum atomic E-state index is -4.61. The monoisotopic (exact) mass is 623 g/mol. The molecule has 0 spiro atoms. The molecule has 0 bridgehead atoms. The summed E-state index contributed by atoms with van der Waals surface area (Å²) in [6.07, 6.45) is 0.859. The van der Waals surface area contributed by atoms with Crippen LogP contribution in [0.1, 0.15) is 60.0 Å². The summed E-state index contributed by atoms with van der Waals surface area (Å²) in [5.41, 5.74) is -0.344. The molecule has 9 nitrogen and oxygen atoms in total. The van der Waals surface area contributed by atoms with E-state index in [-0.39, 0.29) is 41.3 Å². The van der Waals surface area contributed by atoms with Gasteiger partial charge in [-0.15, -0.1) is 0 Å². The van der Waals surface area contributed by atoms with Crippen molar-refractivity contribution in [3.8, 4) is 11.5 Å². The first kappa shape index (κ1) is 29.6. The summed E-state index contributed by atoms with van der Waals surface area (Å²) >= 11 is 0. The molecule has 2 unspecified atom stereocenters. The molecule has 5 aliphatic rings. The van der Waals surface area contributed by atoms with Crippen LogP contribution in [0.2, 0.25) is 0 Å². The smallest absolute Gasteiger partial charge is 0.418 e. The van der Waals surface area contributed by atoms with E-state index >= 15 is 0 Å². The zero-order valence-electron chi connectivity index (χ0n) is 25.4. The quantitative estimate of drug-likeness (QED) is 0.493. The summed E-state index contributed by atoms with van der Waals surface area (Å²) < 4.78 is 55.1. The fraction of sp³-hybridized carbons (Fsp3) is 0.485. The van der Waals surface area contributed by atoms with Gasteiger partial charge in [0.15, 0.2) is 0 Å². The van der Waals surface area contributed by atoms with Gasteiger partial charge in [0.2, 0.25) is 5.91 Å². The molecular weight excluding hydrogens is 587 g/mol. The van der Waals surface area contributed by atoms with E-state index in [1.165, 1.54) is 12.1 Å². The number of hydrogen-bond donors (Lipinski definition) is 2. The highest BCUT2D eigenvalue weighted by molar-refractivity contribution is 5.95. The lowest BCUT2D eigenvalue weighted by Gasteiger charge is -2.41. The number of benzene rings is 2. The number of amides is 2. The van der Waals surface area contributed by atoms with Crippen LogP contribution in [0.15, 0.2) is 53.2 Å². The van der Waals surface area contributed by atoms with Crippen molar-refractivity contribution >= 4 is 23.7 Å². The normalized spacial score (nSPS) is 30.0. The van der Waals surface area contributed by atoms with Gasteiger partial charge < -0.3 is 29.9 Å². The van der Waals surface area contributed by atoms with Gasteiger partial charge in [-0.2, -0.15) is 13.2 Å². The number of fused-ring (bicyclic) bond motifs is 4. The molecule has 4 heterocycles. The van der Waals surface area contributed by atoms with Crippen LogP contribution in [-0.4, -0.2) is 74.5 Å². The number of carbonyl (C=O) groups is 2. The number of allylic oxidation sites excluding steroid dienone is 1. The van der Waals surface area contributed by atoms with Crippen molar-refractivity contribution < 1.29 is 32.2 Å². The second-order valence-corrected chi connectivity index (χ2v) is 13.1. The van der Waals surface area contributed by atoms with Gasteiger partial charge in [-0.25, -0.2) is 0 Å². The van der Waals surface area contributed by atoms with Gasteiger partial charge in [-0.3, -0.25) is 14.6 Å². The zero-order valence-corrected chi connectivity index (χ0v) is 25.4. The van der Waals surface area contributed by atoms with Crippen molar-refractivity contribution in [2.45, 2.75) is 69.1 Å². The molecule has 2 amide bonds. The molecule has 4 aliphatic heterocycles. The van der Waals surface area contributed by atoms with Gasteiger partial charge in [-0.1, -0.05) is 0 Å². The highest BCUT2D eigenvalue weighted by Crippen LogP contribution is 2.55. The Bertz CT molecular complexity index is 1610. The lowest BCUT2D eigenvalue weighted by atomic mass is 9.76. The van der Waals surface area contributed by atoms with Crippen molar-refractivity contribution in [3.63, 3.8) is 0 Å². The van der Waals surface area contributed by atoms with Crippen LogP contribution in [0.4, 0.5) is 18.9 Å². The molecule has 238 valence electrons. The Labute approximate surface area is 259 Å². The van der Waals surface area contributed by atoms with Crippen LogP contribution in [0.3, 0.4) is 0 Å². The van der Waals surface area contributed by atoms with Crippen molar-refractivity contribution in [1.82, 2.24) is 15.5 Å². The molecule has 0 aromatic heterocycles. The van der Waals surface area contributed by atoms with Crippen LogP contribution in [-0.2, 0) is 11.0 Å². The maximum Gasteiger partial charge on any atom is 0.418 e. The Morgan fingerprint density at radius 1 is 1.22 bits per heavy atom. The van der Waals surface area contributed by atoms with Crippen LogP contribution >= 0.6 is 0 Å². The second-order valence-electron chi connectivity index (χ2n) is 13.1. The molecule has 2 aromatic rings. The number of ether oxygens (including phenoxy) is 2. The Morgan fingerprint density at radius 3 is 2.82 bits per heavy atom. The zero-order chi connectivity index (χ0) is 31.7. The molecule has 45 heavy (non-hydrogen) atoms. The molecular formula is C33H36F3N5O4. The Hall–Kier alpha value is -4.06. The average molecular weight is 624 g/mol. The van der Waals surface area contributed by atoms with Crippen molar-refractivity contribution in [3.05, 3.63) is 64.9 Å². The average Bonchev–Trinajstić information content (AvgIpc) is 3.53. The topological polar surface area (TPSA) is 95.5 Å². The number of likely N-dealkylation sites (N-methyl/N-ethyl adjacent to an activating group) is 1. The van der Waals surface area contributed by atoms with E-state index in [4.69, 9.17) is 9.47 Å². The molecule has 1 aliphatic carbocycles. The lowest BCUT2D eigenvalue weighted by molar-refractivity contribution is -0.137. The largest absolute Gasteiger partial charge is 0.487 e. The minimum absolute atomic E-state index is 0.0378. The molecule has 1 saturated carbocycles. The number of anilines is 1. The molecule has 6 atom stereocenters. The van der Waals surface area contributed by atoms with E-state index in [0.717, 1.165) is 24.5 Å². The predicted molar refractivity (Wildman–Crippen MR) is 162 cm³/mol. The Kier molecular flexibility index (Phi) is 7.10. The van der Waals surface area contributed by atoms with Gasteiger partial charge in [0.1, 0.15) is 29.5 Å². The summed E-state index contributed by atoms with van der Waals surface area (Å²) in [5.74, 6) is 1.24. The number of dihydropyridines is 1. The molecule has 2 N–H and O–H groups in total. The van der Waals surface area contributed by atoms with Crippen LogP contribution < -0.4 is 25.0 Å². The molecule has 2 aromatic carbocycles. The van der Waals surface area contributed by atoms with Crippen molar-refractivity contribution in [1.29, 1.82) is 0 Å². The summed E-state index contributed by atoms with van der Waals surface area (Å²) in [6, 6.07) is 9.17. The third-order valence-corrected chi connectivity index (χ3v) is 9.91. The standard InChI is InChI=1S/C33H36F3N5O4/c1-32-12-10-26(42)38-31(32)37-13-11-25(32)44-20-7-9-24-21(16-20)27-28(29(27)45-24)39-30(43)18-6-8-23(22(15-18)33(34,35)36)41-14-4-5-19(17-41)40(2)3/h6-9,11,13,15-16,19,27-29,31H,4-5,10,12,14,17H2,1-3H3,(H,38,42)(H,39,43)/t19-,27+,28+,29+,31?,32?/m1/s1. The maximum absolute atomic E-state index is 14.2. The maximum atomic E-state index is 14.2. The SMILES string of the molecule is CN(C)[C@@H]1CCCN(c2ccc(C(=O)N[C@@H]3[C@H]4Oc5ccc(OC6=CC=NC7NC(=O)CCC67C)cc5[C@@H]34)cc2C(F)(F)F)C1. The number of hydrogen-bond acceptors (Lipinski definition) is 7. The number of nitrogens with zero attached hydrogens (tertiary/aromatic N) is 3. The lowest BCUT2D eigenvalue weighted by Crippen LogP contribution is -2.52. The van der Waals surface area contributed by atoms with Gasteiger partial charge in [0, 0.05) is 48.6 Å². The van der Waals surface area contributed by atoms with E-state index in [0.29, 0.717) is 43.2 Å². The number of nitrogens with one attached hydrogen (secondary N) is 2. The molecule has 2 saturated heterocycles. The third kappa shape index (κ3) is 5.32. The molecule has 0 radical (unpaired) electrons. The first-order valence-electron chi connectivity index (χ1n) is 15.4. The molecule has 7 rings (SSSR count). The van der Waals surface area contributed by atoms with E-state index in [9.17, 15) is 22.8 Å². The summed E-state index contributed by atoms with van der Waals surface area (Å²) in [4.78, 5) is 33.4. The van der Waals surface area contributed by atoms with Gasteiger partial charge in [0.25, 0.3) is 5.91 Å². The summed E-state index contributed by atoms with van der Waals surface area (Å²) in [5, 5.41) is 5.82. The van der Waals surface area contributed by atoms with Crippen molar-refractivity contribution in [2.24, 2.45) is 10.4 Å². The van der Waals surface area contributed by atoms with Crippen molar-refractivity contribution in [2.75, 3.05) is 32.1 Å². The fourth-order valence-corrected chi connectivity index (χ4v) is 7.10. The Balaban J connectivity index is 1.05. The van der Waals surface area contributed by atoms with Crippen LogP contribution in [0.5, 0.6) is 11.5 Å². The predicted octanol–water partition coefficient (Wildman–Crippen LogP) is 4.48. The fourth-order valence-electron chi connectivity index (χ4n) is 7.10. The van der Waals surface area contributed by atoms with Gasteiger partial charge >= 0.3 is 6.18 Å². The highest BCUT2D eigenvalue weighted by Gasteiger charge is 2.60. The minimum Gasteiger partial charge on any atom is -0.487 e. The number of aliphatic imine (C=N–C) groups is 1. The van der Waals surface area contributed by atoms with E-state index in [2.05, 4.69) is 15.6 Å². The Morgan fingerprint density at radius 2 is 2.04 bits per heavy atom. The number of alkyl halides is 3. The number of rotatable bonds is 6. The van der Waals surface area contributed by atoms with E-state index < -0.39 is 29.2 Å². The third-order valence-electron chi connectivity index (χ3n) is 9.91. The summed E-state index contributed by atoms with van der Waals surface area (Å²) in [6.45, 7) is 3.05. The first-order valence-corrected chi connectivity index (χ1v) is 15.4. The molecule has 12 heteroatoms. The molecule has 3 fully saturated rings. The van der Waals surface area contributed by atoms with Gasteiger partial charge in [-0.05, 0) is 82.8 Å². The van der Waals surface area contributed by atoms with Gasteiger partial charge in [0.05, 0.1) is 22.9 Å². The summed E-state index contributed by atoms with van der Waals surface area (Å²) in [7, 11) is 3.87. The van der Waals surface area contributed by atoms with E-state index in [1.807, 2.05) is 50.2 Å². The van der Waals surface area contributed by atoms with E-state index in [1.54, 1.807) is 11.1 Å². The number of halogens is 3. The highest BCUT2D eigenvalue weighted by atomic mass is 19.4. The number of piperidine rings is 2. The van der Waals surface area contributed by atoms with Crippen LogP contribution in [0.25, 0.3) is 0 Å².